The molecule has 172 valence electrons. The third-order valence-electron chi connectivity index (χ3n) is 6.47. The highest BCUT2D eigenvalue weighted by Crippen LogP contribution is 2.21. The molecule has 2 aliphatic heterocycles. The summed E-state index contributed by atoms with van der Waals surface area (Å²) in [4.78, 5) is 19.8. The van der Waals surface area contributed by atoms with Crippen molar-refractivity contribution in [3.63, 3.8) is 0 Å². The minimum absolute atomic E-state index is 0.0166. The number of hydrogen-bond donors (Lipinski definition) is 1. The van der Waals surface area contributed by atoms with Crippen LogP contribution in [0, 0.1) is 5.82 Å². The molecular formula is C25H33FN4O2. The molecule has 7 heteroatoms. The van der Waals surface area contributed by atoms with E-state index in [1.165, 1.54) is 12.1 Å². The van der Waals surface area contributed by atoms with Crippen LogP contribution >= 0.6 is 0 Å². The minimum atomic E-state index is -0.211. The predicted octanol–water partition coefficient (Wildman–Crippen LogP) is 3.20. The molecule has 2 aromatic carbocycles. The molecule has 32 heavy (non-hydrogen) atoms. The van der Waals surface area contributed by atoms with Crippen molar-refractivity contribution in [2.24, 2.45) is 0 Å². The number of amides is 1. The monoisotopic (exact) mass is 440 g/mol. The van der Waals surface area contributed by atoms with Gasteiger partial charge in [-0.05, 0) is 55.8 Å². The Morgan fingerprint density at radius 2 is 1.75 bits per heavy atom. The second kappa shape index (κ2) is 10.4. The van der Waals surface area contributed by atoms with Gasteiger partial charge < -0.3 is 15.0 Å². The van der Waals surface area contributed by atoms with Crippen molar-refractivity contribution < 1.29 is 13.9 Å². The van der Waals surface area contributed by atoms with E-state index in [0.717, 1.165) is 69.4 Å². The lowest BCUT2D eigenvalue weighted by Crippen LogP contribution is -2.57. The van der Waals surface area contributed by atoms with Gasteiger partial charge in [-0.25, -0.2) is 4.39 Å². The summed E-state index contributed by atoms with van der Waals surface area (Å²) < 4.78 is 18.6. The van der Waals surface area contributed by atoms with Crippen LogP contribution in [0.2, 0.25) is 0 Å². The fraction of sp³-hybridized carbons (Fsp3) is 0.480. The van der Waals surface area contributed by atoms with Gasteiger partial charge in [0.05, 0.1) is 19.3 Å². The molecular weight excluding hydrogens is 407 g/mol. The standard InChI is InChI=1S/C25H33FN4O2/c1-19-17-28(18-21-3-5-22(26)6-4-21)11-12-30(19)20(2)25(31)27-23-7-9-24(10-8-23)29-13-15-32-16-14-29/h3-10,19-20H,11-18H2,1-2H3,(H,27,31). The third-order valence-corrected chi connectivity index (χ3v) is 6.47. The number of benzene rings is 2. The molecule has 0 saturated carbocycles. The van der Waals surface area contributed by atoms with Gasteiger partial charge >= 0.3 is 0 Å². The van der Waals surface area contributed by atoms with Gasteiger partial charge in [-0.3, -0.25) is 14.6 Å². The fourth-order valence-electron chi connectivity index (χ4n) is 4.59. The van der Waals surface area contributed by atoms with E-state index < -0.39 is 0 Å². The number of morpholine rings is 1. The molecule has 0 spiro atoms. The van der Waals surface area contributed by atoms with Crippen molar-refractivity contribution in [1.29, 1.82) is 0 Å². The van der Waals surface area contributed by atoms with Crippen molar-refractivity contribution >= 4 is 17.3 Å². The predicted molar refractivity (Wildman–Crippen MR) is 125 cm³/mol. The van der Waals surface area contributed by atoms with E-state index in [9.17, 15) is 9.18 Å². The van der Waals surface area contributed by atoms with Gasteiger partial charge in [0.25, 0.3) is 0 Å². The van der Waals surface area contributed by atoms with Gasteiger partial charge in [-0.15, -0.1) is 0 Å². The summed E-state index contributed by atoms with van der Waals surface area (Å²) in [5.41, 5.74) is 3.09. The van der Waals surface area contributed by atoms with E-state index in [0.29, 0.717) is 0 Å². The number of piperazine rings is 1. The van der Waals surface area contributed by atoms with Crippen molar-refractivity contribution in [1.82, 2.24) is 9.80 Å². The third kappa shape index (κ3) is 5.65. The van der Waals surface area contributed by atoms with Crippen LogP contribution in [0.1, 0.15) is 19.4 Å². The Hall–Kier alpha value is -2.48. The summed E-state index contributed by atoms with van der Waals surface area (Å²) in [5.74, 6) is -0.189. The zero-order valence-electron chi connectivity index (χ0n) is 19.0. The topological polar surface area (TPSA) is 48.0 Å². The lowest BCUT2D eigenvalue weighted by molar-refractivity contribution is -0.122. The molecule has 2 fully saturated rings. The highest BCUT2D eigenvalue weighted by Gasteiger charge is 2.30. The number of carbonyl (C=O) groups is 1. The molecule has 2 unspecified atom stereocenters. The molecule has 0 aromatic heterocycles. The van der Waals surface area contributed by atoms with Gasteiger partial charge in [-0.2, -0.15) is 0 Å². The van der Waals surface area contributed by atoms with Crippen LogP contribution in [-0.4, -0.2) is 73.7 Å². The molecule has 6 nitrogen and oxygen atoms in total. The van der Waals surface area contributed by atoms with Crippen LogP contribution in [-0.2, 0) is 16.1 Å². The molecule has 2 saturated heterocycles. The molecule has 0 bridgehead atoms. The summed E-state index contributed by atoms with van der Waals surface area (Å²) in [6, 6.07) is 14.8. The van der Waals surface area contributed by atoms with Crippen LogP contribution in [0.15, 0.2) is 48.5 Å². The SMILES string of the molecule is CC1CN(Cc2ccc(F)cc2)CCN1C(C)C(=O)Nc1ccc(N2CCOCC2)cc1. The molecule has 0 radical (unpaired) electrons. The number of rotatable bonds is 6. The van der Waals surface area contributed by atoms with Crippen molar-refractivity contribution in [3.05, 3.63) is 59.9 Å². The van der Waals surface area contributed by atoms with Gasteiger partial charge in [-0.1, -0.05) is 12.1 Å². The maximum absolute atomic E-state index is 13.1. The Balaban J connectivity index is 1.28. The first-order valence-electron chi connectivity index (χ1n) is 11.5. The molecule has 2 atom stereocenters. The van der Waals surface area contributed by atoms with Crippen molar-refractivity contribution in [2.75, 3.05) is 56.2 Å². The van der Waals surface area contributed by atoms with Crippen LogP contribution < -0.4 is 10.2 Å². The number of halogens is 1. The van der Waals surface area contributed by atoms with Gasteiger partial charge in [0.1, 0.15) is 5.82 Å². The van der Waals surface area contributed by atoms with Gasteiger partial charge in [0.15, 0.2) is 0 Å². The highest BCUT2D eigenvalue weighted by atomic mass is 19.1. The molecule has 1 amide bonds. The van der Waals surface area contributed by atoms with Crippen molar-refractivity contribution in [3.8, 4) is 0 Å². The molecule has 4 rings (SSSR count). The lowest BCUT2D eigenvalue weighted by atomic mass is 10.1. The number of hydrogen-bond acceptors (Lipinski definition) is 5. The highest BCUT2D eigenvalue weighted by molar-refractivity contribution is 5.94. The molecule has 2 aromatic rings. The fourth-order valence-corrected chi connectivity index (χ4v) is 4.59. The number of anilines is 2. The zero-order valence-corrected chi connectivity index (χ0v) is 19.0. The number of ether oxygens (including phenoxy) is 1. The van der Waals surface area contributed by atoms with Crippen LogP contribution in [0.3, 0.4) is 0 Å². The Bertz CT molecular complexity index is 884. The molecule has 1 N–H and O–H groups in total. The Morgan fingerprint density at radius 3 is 2.41 bits per heavy atom. The maximum atomic E-state index is 13.1. The quantitative estimate of drug-likeness (QED) is 0.748. The van der Waals surface area contributed by atoms with E-state index in [2.05, 4.69) is 39.1 Å². The average molecular weight is 441 g/mol. The van der Waals surface area contributed by atoms with Gasteiger partial charge in [0.2, 0.25) is 5.91 Å². The van der Waals surface area contributed by atoms with Crippen LogP contribution in [0.5, 0.6) is 0 Å². The Morgan fingerprint density at radius 1 is 1.06 bits per heavy atom. The summed E-state index contributed by atoms with van der Waals surface area (Å²) in [6.45, 7) is 10.8. The maximum Gasteiger partial charge on any atom is 0.241 e. The first-order chi connectivity index (χ1) is 15.5. The summed E-state index contributed by atoms with van der Waals surface area (Å²) in [6.07, 6.45) is 0. The summed E-state index contributed by atoms with van der Waals surface area (Å²) in [5, 5.41) is 3.07. The zero-order chi connectivity index (χ0) is 22.5. The smallest absolute Gasteiger partial charge is 0.241 e. The number of carbonyl (C=O) groups excluding carboxylic acids is 1. The Labute approximate surface area is 189 Å². The van der Waals surface area contributed by atoms with E-state index >= 15 is 0 Å². The minimum Gasteiger partial charge on any atom is -0.378 e. The summed E-state index contributed by atoms with van der Waals surface area (Å²) >= 11 is 0. The molecule has 0 aliphatic carbocycles. The van der Waals surface area contributed by atoms with Crippen molar-refractivity contribution in [2.45, 2.75) is 32.5 Å². The Kier molecular flexibility index (Phi) is 7.40. The number of nitrogens with zero attached hydrogens (tertiary/aromatic N) is 3. The van der Waals surface area contributed by atoms with E-state index in [1.54, 1.807) is 0 Å². The van der Waals surface area contributed by atoms with Crippen LogP contribution in [0.4, 0.5) is 15.8 Å². The van der Waals surface area contributed by atoms with E-state index in [-0.39, 0.29) is 23.8 Å². The second-order valence-corrected chi connectivity index (χ2v) is 8.76. The average Bonchev–Trinajstić information content (AvgIpc) is 2.81. The molecule has 2 aliphatic rings. The molecule has 2 heterocycles. The lowest BCUT2D eigenvalue weighted by Gasteiger charge is -2.42. The normalized spacial score (nSPS) is 21.3. The van der Waals surface area contributed by atoms with E-state index in [1.807, 2.05) is 31.2 Å². The van der Waals surface area contributed by atoms with E-state index in [4.69, 9.17) is 4.74 Å². The summed E-state index contributed by atoms with van der Waals surface area (Å²) in [7, 11) is 0. The van der Waals surface area contributed by atoms with Gasteiger partial charge in [0, 0.05) is 56.7 Å². The number of nitrogens with one attached hydrogen (secondary N) is 1. The first-order valence-corrected chi connectivity index (χ1v) is 11.5. The second-order valence-electron chi connectivity index (χ2n) is 8.76. The van der Waals surface area contributed by atoms with Crippen LogP contribution in [0.25, 0.3) is 0 Å². The largest absolute Gasteiger partial charge is 0.378 e. The first kappa shape index (κ1) is 22.7.